The average molecular weight is 511 g/mol. The molecular weight excluding hydrogens is 484 g/mol. The summed E-state index contributed by atoms with van der Waals surface area (Å²) in [6.45, 7) is 5.37. The molecule has 0 unspecified atom stereocenters. The van der Waals surface area contributed by atoms with Crippen LogP contribution in [0.25, 0.3) is 22.4 Å². The molecule has 0 aliphatic heterocycles. The van der Waals surface area contributed by atoms with Crippen molar-refractivity contribution in [1.82, 2.24) is 9.71 Å². The first-order valence-electron chi connectivity index (χ1n) is 11.6. The molecule has 2 N–H and O–H groups in total. The Bertz CT molecular complexity index is 1600. The number of hydrogen-bond donors (Lipinski definition) is 2. The van der Waals surface area contributed by atoms with Crippen LogP contribution in [0, 0.1) is 11.3 Å². The third kappa shape index (κ3) is 6.09. The van der Waals surface area contributed by atoms with E-state index in [-0.39, 0.29) is 10.8 Å². The van der Waals surface area contributed by atoms with Gasteiger partial charge in [0.15, 0.2) is 0 Å². The lowest BCUT2D eigenvalue weighted by Gasteiger charge is -2.21. The predicted octanol–water partition coefficient (Wildman–Crippen LogP) is 5.62. The van der Waals surface area contributed by atoms with Gasteiger partial charge in [0.1, 0.15) is 0 Å². The van der Waals surface area contributed by atoms with Gasteiger partial charge in [0.25, 0.3) is 5.91 Å². The molecule has 8 heteroatoms. The van der Waals surface area contributed by atoms with Gasteiger partial charge in [-0.3, -0.25) is 9.78 Å². The molecule has 0 bridgehead atoms. The zero-order valence-corrected chi connectivity index (χ0v) is 21.5. The number of rotatable bonds is 6. The van der Waals surface area contributed by atoms with Gasteiger partial charge in [0.2, 0.25) is 10.0 Å². The number of benzene rings is 3. The number of aromatic nitrogens is 1. The number of sulfonamides is 1. The molecule has 0 saturated heterocycles. The van der Waals surface area contributed by atoms with Crippen LogP contribution in [0.5, 0.6) is 0 Å². The highest BCUT2D eigenvalue weighted by Gasteiger charge is 2.24. The molecule has 37 heavy (non-hydrogen) atoms. The van der Waals surface area contributed by atoms with Gasteiger partial charge in [-0.15, -0.1) is 0 Å². The minimum absolute atomic E-state index is 0.182. The number of carbonyl (C=O) groups excluding carboxylic acids is 1. The molecule has 1 heterocycles. The van der Waals surface area contributed by atoms with Crippen molar-refractivity contribution in [1.29, 1.82) is 5.26 Å². The van der Waals surface area contributed by atoms with Crippen LogP contribution in [0.2, 0.25) is 0 Å². The highest BCUT2D eigenvalue weighted by atomic mass is 32.2. The van der Waals surface area contributed by atoms with Gasteiger partial charge < -0.3 is 5.32 Å². The highest BCUT2D eigenvalue weighted by Crippen LogP contribution is 2.29. The van der Waals surface area contributed by atoms with Crippen molar-refractivity contribution in [3.05, 3.63) is 102 Å². The van der Waals surface area contributed by atoms with Crippen molar-refractivity contribution < 1.29 is 13.2 Å². The second-order valence-electron chi connectivity index (χ2n) is 9.48. The molecular formula is C29H26N4O3S. The van der Waals surface area contributed by atoms with Crippen LogP contribution in [0.3, 0.4) is 0 Å². The molecule has 186 valence electrons. The summed E-state index contributed by atoms with van der Waals surface area (Å²) >= 11 is 0. The Kier molecular flexibility index (Phi) is 7.21. The number of pyridine rings is 1. The Morgan fingerprint density at radius 2 is 1.62 bits per heavy atom. The first-order valence-corrected chi connectivity index (χ1v) is 13.1. The van der Waals surface area contributed by atoms with Crippen LogP contribution in [-0.4, -0.2) is 24.8 Å². The summed E-state index contributed by atoms with van der Waals surface area (Å²) in [7, 11) is -3.74. The van der Waals surface area contributed by atoms with Gasteiger partial charge in [0.05, 0.1) is 27.8 Å². The molecule has 3 aromatic carbocycles. The van der Waals surface area contributed by atoms with Crippen molar-refractivity contribution in [2.45, 2.75) is 31.2 Å². The Balaban J connectivity index is 1.60. The van der Waals surface area contributed by atoms with Crippen molar-refractivity contribution in [3.63, 3.8) is 0 Å². The number of nitrogens with one attached hydrogen (secondary N) is 2. The van der Waals surface area contributed by atoms with E-state index in [1.165, 1.54) is 0 Å². The minimum Gasteiger partial charge on any atom is -0.322 e. The molecule has 1 aromatic heterocycles. The molecule has 0 fully saturated rings. The Morgan fingerprint density at radius 3 is 2.32 bits per heavy atom. The van der Waals surface area contributed by atoms with Crippen molar-refractivity contribution in [2.75, 3.05) is 5.32 Å². The van der Waals surface area contributed by atoms with Gasteiger partial charge in [0, 0.05) is 28.6 Å². The summed E-state index contributed by atoms with van der Waals surface area (Å²) in [4.78, 5) is 17.7. The molecule has 1 amide bonds. The van der Waals surface area contributed by atoms with Crippen LogP contribution in [0.15, 0.2) is 96.0 Å². The SMILES string of the molecule is CC(C)(C)NS(=O)(=O)c1ccccc1-c1ccc(NC(=O)c2cccnc2-c2cccc(C#N)c2)cc1. The van der Waals surface area contributed by atoms with E-state index >= 15 is 0 Å². The third-order valence-electron chi connectivity index (χ3n) is 5.39. The number of anilines is 1. The third-order valence-corrected chi connectivity index (χ3v) is 7.20. The number of hydrogen-bond acceptors (Lipinski definition) is 5. The summed E-state index contributed by atoms with van der Waals surface area (Å²) in [6, 6.07) is 26.2. The van der Waals surface area contributed by atoms with E-state index < -0.39 is 15.6 Å². The van der Waals surface area contributed by atoms with Gasteiger partial charge in [-0.05, 0) is 68.8 Å². The highest BCUT2D eigenvalue weighted by molar-refractivity contribution is 7.89. The number of carbonyl (C=O) groups is 1. The Labute approximate surface area is 216 Å². The van der Waals surface area contributed by atoms with Crippen LogP contribution < -0.4 is 10.0 Å². The maximum Gasteiger partial charge on any atom is 0.257 e. The van der Waals surface area contributed by atoms with Gasteiger partial charge in [-0.2, -0.15) is 5.26 Å². The topological polar surface area (TPSA) is 112 Å². The summed E-state index contributed by atoms with van der Waals surface area (Å²) in [6.07, 6.45) is 1.60. The standard InChI is InChI=1S/C29H26N4O3S/c1-29(2,3)33-37(35,36)26-12-5-4-10-24(26)21-13-15-23(16-14-21)32-28(34)25-11-7-17-31-27(25)22-9-6-8-20(18-22)19-30/h4-18,33H,1-3H3,(H,32,34). The molecule has 0 spiro atoms. The van der Waals surface area contributed by atoms with Crippen molar-refractivity contribution >= 4 is 21.6 Å². The number of nitrogens with zero attached hydrogens (tertiary/aromatic N) is 2. The average Bonchev–Trinajstić information content (AvgIpc) is 2.88. The van der Waals surface area contributed by atoms with E-state index in [0.717, 1.165) is 0 Å². The second kappa shape index (κ2) is 10.3. The molecule has 4 rings (SSSR count). The maximum atomic E-state index is 13.1. The predicted molar refractivity (Wildman–Crippen MR) is 144 cm³/mol. The summed E-state index contributed by atoms with van der Waals surface area (Å²) < 4.78 is 28.7. The second-order valence-corrected chi connectivity index (χ2v) is 11.1. The number of amides is 1. The first kappa shape index (κ1) is 25.8. The molecule has 0 saturated carbocycles. The van der Waals surface area contributed by atoms with Crippen molar-refractivity contribution in [2.24, 2.45) is 0 Å². The quantitative estimate of drug-likeness (QED) is 0.350. The lowest BCUT2D eigenvalue weighted by molar-refractivity contribution is 0.102. The summed E-state index contributed by atoms with van der Waals surface area (Å²) in [5.74, 6) is -0.351. The van der Waals surface area contributed by atoms with E-state index in [2.05, 4.69) is 21.1 Å². The van der Waals surface area contributed by atoms with Crippen LogP contribution in [0.1, 0.15) is 36.7 Å². The minimum atomic E-state index is -3.74. The van der Waals surface area contributed by atoms with E-state index in [1.54, 1.807) is 112 Å². The fourth-order valence-corrected chi connectivity index (χ4v) is 5.53. The lowest BCUT2D eigenvalue weighted by atomic mass is 10.0. The molecule has 7 nitrogen and oxygen atoms in total. The van der Waals surface area contributed by atoms with Crippen LogP contribution in [0.4, 0.5) is 5.69 Å². The van der Waals surface area contributed by atoms with Crippen LogP contribution >= 0.6 is 0 Å². The summed E-state index contributed by atoms with van der Waals surface area (Å²) in [5, 5.41) is 12.1. The largest absolute Gasteiger partial charge is 0.322 e. The van der Waals surface area contributed by atoms with E-state index in [0.29, 0.717) is 39.2 Å². The van der Waals surface area contributed by atoms with Gasteiger partial charge >= 0.3 is 0 Å². The monoisotopic (exact) mass is 510 g/mol. The molecule has 0 aliphatic rings. The fraction of sp³-hybridized carbons (Fsp3) is 0.138. The Hall–Kier alpha value is -4.32. The number of nitriles is 1. The smallest absolute Gasteiger partial charge is 0.257 e. The van der Waals surface area contributed by atoms with Gasteiger partial charge in [-0.1, -0.05) is 42.5 Å². The molecule has 0 atom stereocenters. The molecule has 4 aromatic rings. The molecule has 0 aliphatic carbocycles. The zero-order valence-electron chi connectivity index (χ0n) is 20.7. The van der Waals surface area contributed by atoms with E-state index in [9.17, 15) is 18.5 Å². The summed E-state index contributed by atoms with van der Waals surface area (Å²) in [5.41, 5.74) is 3.16. The lowest BCUT2D eigenvalue weighted by Crippen LogP contribution is -2.40. The van der Waals surface area contributed by atoms with Crippen molar-refractivity contribution in [3.8, 4) is 28.5 Å². The zero-order chi connectivity index (χ0) is 26.6. The maximum absolute atomic E-state index is 13.1. The Morgan fingerprint density at radius 1 is 0.892 bits per heavy atom. The van der Waals surface area contributed by atoms with E-state index in [4.69, 9.17) is 0 Å². The fourth-order valence-electron chi connectivity index (χ4n) is 3.88. The normalized spacial score (nSPS) is 11.5. The van der Waals surface area contributed by atoms with E-state index in [1.807, 2.05) is 0 Å². The first-order chi connectivity index (χ1) is 17.6. The van der Waals surface area contributed by atoms with Gasteiger partial charge in [-0.25, -0.2) is 13.1 Å². The van der Waals surface area contributed by atoms with Crippen LogP contribution in [-0.2, 0) is 10.0 Å². The molecule has 0 radical (unpaired) electrons.